The van der Waals surface area contributed by atoms with E-state index in [-0.39, 0.29) is 0 Å². The molecule has 2 heteroatoms. The molecule has 0 heterocycles. The number of hydrogen-bond donors (Lipinski definition) is 2. The highest BCUT2D eigenvalue weighted by molar-refractivity contribution is 4.44. The molecule has 0 rings (SSSR count). The highest BCUT2D eigenvalue weighted by atomic mass is 16.3. The first-order chi connectivity index (χ1) is 2.27. The summed E-state index contributed by atoms with van der Waals surface area (Å²) in [5.41, 5.74) is 0. The van der Waals surface area contributed by atoms with Gasteiger partial charge >= 0.3 is 0 Å². The van der Waals surface area contributed by atoms with Crippen LogP contribution in [0.2, 0.25) is 0 Å². The Hall–Kier alpha value is -0.0800. The maximum absolute atomic E-state index is 8.14. The van der Waals surface area contributed by atoms with Gasteiger partial charge in [-0.05, 0) is 14.0 Å². The van der Waals surface area contributed by atoms with Crippen molar-refractivity contribution in [3.05, 3.63) is 6.92 Å². The molecule has 2 nitrogen and oxygen atoms in total. The van der Waals surface area contributed by atoms with Crippen molar-refractivity contribution in [2.24, 2.45) is 0 Å². The van der Waals surface area contributed by atoms with Crippen molar-refractivity contribution in [2.75, 3.05) is 7.05 Å². The molecule has 0 aliphatic rings. The Morgan fingerprint density at radius 2 is 2.20 bits per heavy atom. The maximum Gasteiger partial charge on any atom is 0.104 e. The number of aliphatic hydroxyl groups is 1. The summed E-state index contributed by atoms with van der Waals surface area (Å²) < 4.78 is 0. The van der Waals surface area contributed by atoms with Gasteiger partial charge in [0.15, 0.2) is 0 Å². The number of rotatable bonds is 1. The van der Waals surface area contributed by atoms with Gasteiger partial charge in [0.25, 0.3) is 0 Å². The van der Waals surface area contributed by atoms with Gasteiger partial charge in [-0.2, -0.15) is 0 Å². The Balaban J connectivity index is 2.54. The molecule has 1 unspecified atom stereocenters. The summed E-state index contributed by atoms with van der Waals surface area (Å²) in [5.74, 6) is 0. The Bertz CT molecular complexity index is 20.9. The largest absolute Gasteiger partial charge is 0.379 e. The molecule has 0 spiro atoms. The SMILES string of the molecule is [CH2]C(O)NC. The average Bonchev–Trinajstić information content (AvgIpc) is 1.38. The molecule has 1 radical (unpaired) electrons. The topological polar surface area (TPSA) is 32.3 Å². The van der Waals surface area contributed by atoms with Crippen LogP contribution in [-0.4, -0.2) is 18.4 Å². The number of aliphatic hydroxyl groups excluding tert-OH is 1. The zero-order valence-electron chi connectivity index (χ0n) is 3.23. The molecule has 31 valence electrons. The van der Waals surface area contributed by atoms with Crippen molar-refractivity contribution in [1.29, 1.82) is 0 Å². The fourth-order valence-corrected chi connectivity index (χ4v) is 0. The predicted molar refractivity (Wildman–Crippen MR) is 20.4 cm³/mol. The zero-order chi connectivity index (χ0) is 4.28. The van der Waals surface area contributed by atoms with Crippen LogP contribution in [0.4, 0.5) is 0 Å². The second-order valence-electron chi connectivity index (χ2n) is 0.804. The Labute approximate surface area is 31.8 Å². The molecule has 0 aromatic carbocycles. The molecule has 2 N–H and O–H groups in total. The molecule has 0 amide bonds. The summed E-state index contributed by atoms with van der Waals surface area (Å²) in [6, 6.07) is 0. The predicted octanol–water partition coefficient (Wildman–Crippen LogP) is -0.642. The fraction of sp³-hybridized carbons (Fsp3) is 0.667. The first-order valence-electron chi connectivity index (χ1n) is 1.46. The standard InChI is InChI=1S/C3H8NO/c1-3(5)4-2/h3-5H,1H2,2H3. The average molecular weight is 74.1 g/mol. The molecule has 0 saturated carbocycles. The highest BCUT2D eigenvalue weighted by Crippen LogP contribution is 1.58. The van der Waals surface area contributed by atoms with Gasteiger partial charge in [0.1, 0.15) is 6.23 Å². The first-order valence-corrected chi connectivity index (χ1v) is 1.46. The molecule has 0 aliphatic carbocycles. The van der Waals surface area contributed by atoms with Gasteiger partial charge in [0.05, 0.1) is 0 Å². The van der Waals surface area contributed by atoms with Crippen LogP contribution in [0.5, 0.6) is 0 Å². The molecule has 0 aliphatic heterocycles. The van der Waals surface area contributed by atoms with Crippen LogP contribution in [0.25, 0.3) is 0 Å². The molecule has 5 heavy (non-hydrogen) atoms. The molecule has 0 aromatic rings. The molecular formula is C3H8NO. The van der Waals surface area contributed by atoms with Crippen molar-refractivity contribution in [3.8, 4) is 0 Å². The van der Waals surface area contributed by atoms with E-state index in [4.69, 9.17) is 5.11 Å². The highest BCUT2D eigenvalue weighted by Gasteiger charge is 1.78. The minimum absolute atomic E-state index is 0.616. The third kappa shape index (κ3) is 3.92. The van der Waals surface area contributed by atoms with E-state index in [0.29, 0.717) is 0 Å². The van der Waals surface area contributed by atoms with E-state index in [1.165, 1.54) is 0 Å². The summed E-state index contributed by atoms with van der Waals surface area (Å²) in [6.07, 6.45) is -0.616. The quantitative estimate of drug-likeness (QED) is 0.405. The van der Waals surface area contributed by atoms with Gasteiger partial charge in [-0.1, -0.05) is 0 Å². The van der Waals surface area contributed by atoms with Crippen LogP contribution >= 0.6 is 0 Å². The van der Waals surface area contributed by atoms with Gasteiger partial charge in [-0.3, -0.25) is 5.32 Å². The van der Waals surface area contributed by atoms with Gasteiger partial charge in [0.2, 0.25) is 0 Å². The van der Waals surface area contributed by atoms with E-state index in [9.17, 15) is 0 Å². The minimum Gasteiger partial charge on any atom is -0.379 e. The lowest BCUT2D eigenvalue weighted by Crippen LogP contribution is -2.19. The van der Waals surface area contributed by atoms with Gasteiger partial charge in [-0.15, -0.1) is 0 Å². The van der Waals surface area contributed by atoms with Crippen molar-refractivity contribution < 1.29 is 5.11 Å². The van der Waals surface area contributed by atoms with Crippen molar-refractivity contribution in [3.63, 3.8) is 0 Å². The second kappa shape index (κ2) is 2.18. The van der Waals surface area contributed by atoms with Crippen molar-refractivity contribution in [2.45, 2.75) is 6.23 Å². The van der Waals surface area contributed by atoms with Crippen molar-refractivity contribution in [1.82, 2.24) is 5.32 Å². The van der Waals surface area contributed by atoms with Crippen LogP contribution in [0.15, 0.2) is 0 Å². The molecule has 0 saturated heterocycles. The maximum atomic E-state index is 8.14. The van der Waals surface area contributed by atoms with E-state index < -0.39 is 6.23 Å². The zero-order valence-corrected chi connectivity index (χ0v) is 3.23. The molecular weight excluding hydrogens is 66.0 g/mol. The summed E-state index contributed by atoms with van der Waals surface area (Å²) >= 11 is 0. The van der Waals surface area contributed by atoms with E-state index in [2.05, 4.69) is 12.2 Å². The molecule has 0 aromatic heterocycles. The van der Waals surface area contributed by atoms with Crippen LogP contribution in [0.3, 0.4) is 0 Å². The summed E-state index contributed by atoms with van der Waals surface area (Å²) in [5, 5.41) is 10.6. The van der Waals surface area contributed by atoms with Crippen LogP contribution < -0.4 is 5.32 Å². The van der Waals surface area contributed by atoms with Crippen LogP contribution in [0.1, 0.15) is 0 Å². The molecule has 1 atom stereocenters. The normalized spacial score (nSPS) is 15.0. The molecule has 0 bridgehead atoms. The number of hydrogen-bond acceptors (Lipinski definition) is 2. The Kier molecular flexibility index (Phi) is 2.14. The van der Waals surface area contributed by atoms with E-state index in [0.717, 1.165) is 0 Å². The summed E-state index contributed by atoms with van der Waals surface area (Å²) in [7, 11) is 1.64. The molecule has 0 fully saturated rings. The summed E-state index contributed by atoms with van der Waals surface area (Å²) in [6.45, 7) is 3.20. The minimum atomic E-state index is -0.616. The smallest absolute Gasteiger partial charge is 0.104 e. The van der Waals surface area contributed by atoms with Gasteiger partial charge < -0.3 is 5.11 Å². The van der Waals surface area contributed by atoms with E-state index >= 15 is 0 Å². The van der Waals surface area contributed by atoms with E-state index in [1.807, 2.05) is 0 Å². The first kappa shape index (κ1) is 4.92. The van der Waals surface area contributed by atoms with Gasteiger partial charge in [0, 0.05) is 0 Å². The lowest BCUT2D eigenvalue weighted by molar-refractivity contribution is 0.193. The third-order valence-corrected chi connectivity index (χ3v) is 0.333. The lowest BCUT2D eigenvalue weighted by atomic mass is 10.7. The lowest BCUT2D eigenvalue weighted by Gasteiger charge is -1.94. The summed E-state index contributed by atoms with van der Waals surface area (Å²) in [4.78, 5) is 0. The Morgan fingerprint density at radius 3 is 2.20 bits per heavy atom. The Morgan fingerprint density at radius 1 is 2.00 bits per heavy atom. The van der Waals surface area contributed by atoms with Crippen LogP contribution in [-0.2, 0) is 0 Å². The third-order valence-electron chi connectivity index (χ3n) is 0.333. The van der Waals surface area contributed by atoms with Crippen LogP contribution in [0, 0.1) is 6.92 Å². The number of nitrogens with one attached hydrogen (secondary N) is 1. The van der Waals surface area contributed by atoms with Crippen molar-refractivity contribution >= 4 is 0 Å². The van der Waals surface area contributed by atoms with E-state index in [1.54, 1.807) is 7.05 Å². The second-order valence-corrected chi connectivity index (χ2v) is 0.804. The monoisotopic (exact) mass is 74.1 g/mol. The van der Waals surface area contributed by atoms with Gasteiger partial charge in [-0.25, -0.2) is 0 Å². The fourth-order valence-electron chi connectivity index (χ4n) is 0.